The molecule has 0 bridgehead atoms. The summed E-state index contributed by atoms with van der Waals surface area (Å²) < 4.78 is 6.45. The first kappa shape index (κ1) is 19.1. The van der Waals surface area contributed by atoms with Gasteiger partial charge in [-0.1, -0.05) is 23.7 Å². The highest BCUT2D eigenvalue weighted by Gasteiger charge is 2.12. The molecule has 3 rings (SSSR count). The quantitative estimate of drug-likeness (QED) is 0.717. The molecule has 1 heterocycles. The van der Waals surface area contributed by atoms with Gasteiger partial charge in [0.2, 0.25) is 5.91 Å². The van der Waals surface area contributed by atoms with Gasteiger partial charge in [-0.3, -0.25) is 14.2 Å². The Hall–Kier alpha value is -3.63. The van der Waals surface area contributed by atoms with Gasteiger partial charge in [-0.15, -0.1) is 0 Å². The van der Waals surface area contributed by atoms with Crippen molar-refractivity contribution in [3.63, 3.8) is 0 Å². The van der Waals surface area contributed by atoms with Crippen LogP contribution in [-0.4, -0.2) is 22.6 Å². The molecule has 0 spiro atoms. The lowest BCUT2D eigenvalue weighted by atomic mass is 10.1. The maximum atomic E-state index is 12.4. The molecule has 28 heavy (non-hydrogen) atoms. The molecule has 0 atom stereocenters. The van der Waals surface area contributed by atoms with Crippen molar-refractivity contribution >= 4 is 23.2 Å². The van der Waals surface area contributed by atoms with Crippen molar-refractivity contribution in [2.45, 2.75) is 6.54 Å². The highest BCUT2D eigenvalue weighted by Crippen LogP contribution is 2.26. The smallest absolute Gasteiger partial charge is 0.254 e. The van der Waals surface area contributed by atoms with Crippen LogP contribution >= 0.6 is 11.6 Å². The number of nitriles is 1. The Kier molecular flexibility index (Phi) is 5.72. The molecule has 0 radical (unpaired) electrons. The van der Waals surface area contributed by atoms with Gasteiger partial charge in [-0.25, -0.2) is 4.98 Å². The van der Waals surface area contributed by atoms with E-state index in [2.05, 4.69) is 10.3 Å². The second-order valence-electron chi connectivity index (χ2n) is 5.79. The third-order valence-electron chi connectivity index (χ3n) is 3.95. The van der Waals surface area contributed by atoms with Crippen LogP contribution < -0.4 is 15.6 Å². The van der Waals surface area contributed by atoms with Crippen molar-refractivity contribution in [2.24, 2.45) is 0 Å². The van der Waals surface area contributed by atoms with Crippen LogP contribution in [0.1, 0.15) is 5.56 Å². The molecular weight excluding hydrogens is 380 g/mol. The summed E-state index contributed by atoms with van der Waals surface area (Å²) in [6, 6.07) is 15.1. The van der Waals surface area contributed by atoms with E-state index < -0.39 is 11.5 Å². The van der Waals surface area contributed by atoms with E-state index in [0.717, 1.165) is 0 Å². The van der Waals surface area contributed by atoms with Crippen LogP contribution in [0.4, 0.5) is 5.69 Å². The van der Waals surface area contributed by atoms with Gasteiger partial charge in [0.15, 0.2) is 0 Å². The molecule has 0 saturated heterocycles. The summed E-state index contributed by atoms with van der Waals surface area (Å²) in [5, 5.41) is 12.1. The molecule has 1 amide bonds. The van der Waals surface area contributed by atoms with Crippen molar-refractivity contribution in [3.05, 3.63) is 75.8 Å². The molecule has 3 aromatic rings. The molecule has 7 nitrogen and oxygen atoms in total. The van der Waals surface area contributed by atoms with Crippen molar-refractivity contribution in [2.75, 3.05) is 12.4 Å². The summed E-state index contributed by atoms with van der Waals surface area (Å²) in [6.45, 7) is -0.255. The van der Waals surface area contributed by atoms with Crippen molar-refractivity contribution in [1.29, 1.82) is 5.26 Å². The Bertz CT molecular complexity index is 1130. The Balaban J connectivity index is 1.80. The number of rotatable bonds is 5. The van der Waals surface area contributed by atoms with E-state index in [4.69, 9.17) is 21.6 Å². The largest absolute Gasteiger partial charge is 0.496 e. The van der Waals surface area contributed by atoms with E-state index >= 15 is 0 Å². The number of amides is 1. The van der Waals surface area contributed by atoms with E-state index in [-0.39, 0.29) is 17.8 Å². The van der Waals surface area contributed by atoms with Crippen LogP contribution in [0, 0.1) is 11.3 Å². The molecule has 0 aliphatic carbocycles. The van der Waals surface area contributed by atoms with Crippen molar-refractivity contribution < 1.29 is 9.53 Å². The average molecular weight is 395 g/mol. The van der Waals surface area contributed by atoms with E-state index in [9.17, 15) is 9.59 Å². The molecule has 1 N–H and O–H groups in total. The normalized spacial score (nSPS) is 10.2. The number of carbonyl (C=O) groups excluding carboxylic acids is 1. The minimum Gasteiger partial charge on any atom is -0.496 e. The van der Waals surface area contributed by atoms with Gasteiger partial charge >= 0.3 is 0 Å². The van der Waals surface area contributed by atoms with Crippen molar-refractivity contribution in [1.82, 2.24) is 9.55 Å². The Morgan fingerprint density at radius 3 is 2.79 bits per heavy atom. The van der Waals surface area contributed by atoms with Gasteiger partial charge in [0, 0.05) is 16.7 Å². The van der Waals surface area contributed by atoms with Gasteiger partial charge < -0.3 is 10.1 Å². The SMILES string of the molecule is COc1ccccc1-c1cc(=O)n(CC(=O)Nc2cc(Cl)ccc2C#N)cn1. The zero-order valence-electron chi connectivity index (χ0n) is 14.8. The van der Waals surface area contributed by atoms with Gasteiger partial charge in [0.25, 0.3) is 5.56 Å². The van der Waals surface area contributed by atoms with Gasteiger partial charge in [0.05, 0.1) is 30.4 Å². The second-order valence-corrected chi connectivity index (χ2v) is 6.23. The summed E-state index contributed by atoms with van der Waals surface area (Å²) in [7, 11) is 1.54. The lowest BCUT2D eigenvalue weighted by Crippen LogP contribution is -2.27. The number of para-hydroxylation sites is 1. The Morgan fingerprint density at radius 1 is 1.29 bits per heavy atom. The monoisotopic (exact) mass is 394 g/mol. The number of ether oxygens (including phenoxy) is 1. The fourth-order valence-electron chi connectivity index (χ4n) is 2.61. The van der Waals surface area contributed by atoms with Crippen molar-refractivity contribution in [3.8, 4) is 23.1 Å². The van der Waals surface area contributed by atoms with Crippen LogP contribution in [0.5, 0.6) is 5.75 Å². The maximum absolute atomic E-state index is 12.4. The standard InChI is InChI=1S/C20H15ClN4O3/c1-28-18-5-3-2-4-15(18)17-9-20(27)25(12-23-17)11-19(26)24-16-8-14(21)7-6-13(16)10-22/h2-9,12H,11H2,1H3,(H,24,26). The first-order valence-electron chi connectivity index (χ1n) is 8.21. The molecule has 8 heteroatoms. The van der Waals surface area contributed by atoms with Gasteiger partial charge in [-0.05, 0) is 30.3 Å². The van der Waals surface area contributed by atoms with Gasteiger partial charge in [-0.2, -0.15) is 5.26 Å². The summed E-state index contributed by atoms with van der Waals surface area (Å²) in [5.74, 6) is 0.114. The predicted molar refractivity (Wildman–Crippen MR) is 105 cm³/mol. The molecule has 0 unspecified atom stereocenters. The molecule has 0 fully saturated rings. The number of anilines is 1. The third-order valence-corrected chi connectivity index (χ3v) is 4.19. The second kappa shape index (κ2) is 8.37. The number of hydrogen-bond donors (Lipinski definition) is 1. The van der Waals surface area contributed by atoms with Crippen LogP contribution in [0.3, 0.4) is 0 Å². The summed E-state index contributed by atoms with van der Waals surface area (Å²) in [5.41, 5.74) is 1.29. The van der Waals surface area contributed by atoms with Crippen LogP contribution in [0.15, 0.2) is 59.7 Å². The Labute approximate surface area is 165 Å². The number of nitrogens with one attached hydrogen (secondary N) is 1. The lowest BCUT2D eigenvalue weighted by molar-refractivity contribution is -0.116. The molecule has 1 aromatic heterocycles. The minimum absolute atomic E-state index is 0.255. The zero-order chi connectivity index (χ0) is 20.1. The first-order valence-corrected chi connectivity index (χ1v) is 8.59. The highest BCUT2D eigenvalue weighted by atomic mass is 35.5. The molecule has 2 aromatic carbocycles. The number of carbonyl (C=O) groups is 1. The number of halogens is 1. The molecule has 0 aliphatic heterocycles. The summed E-state index contributed by atoms with van der Waals surface area (Å²) >= 11 is 5.91. The molecule has 0 saturated carbocycles. The summed E-state index contributed by atoms with van der Waals surface area (Å²) in [6.07, 6.45) is 1.30. The van der Waals surface area contributed by atoms with E-state index in [0.29, 0.717) is 22.0 Å². The third kappa shape index (κ3) is 4.19. The highest BCUT2D eigenvalue weighted by molar-refractivity contribution is 6.31. The summed E-state index contributed by atoms with van der Waals surface area (Å²) in [4.78, 5) is 29.0. The topological polar surface area (TPSA) is 97.0 Å². The number of benzene rings is 2. The van der Waals surface area contributed by atoms with Gasteiger partial charge in [0.1, 0.15) is 18.4 Å². The first-order chi connectivity index (χ1) is 13.5. The number of hydrogen-bond acceptors (Lipinski definition) is 5. The van der Waals surface area contributed by atoms with E-state index in [1.165, 1.54) is 36.2 Å². The van der Waals surface area contributed by atoms with Crippen LogP contribution in [-0.2, 0) is 11.3 Å². The molecule has 0 aliphatic rings. The Morgan fingerprint density at radius 2 is 2.07 bits per heavy atom. The van der Waals surface area contributed by atoms with Crippen LogP contribution in [0.25, 0.3) is 11.3 Å². The average Bonchev–Trinajstić information content (AvgIpc) is 2.69. The number of aromatic nitrogens is 2. The lowest BCUT2D eigenvalue weighted by Gasteiger charge is -2.10. The zero-order valence-corrected chi connectivity index (χ0v) is 15.6. The van der Waals surface area contributed by atoms with E-state index in [1.54, 1.807) is 18.2 Å². The van der Waals surface area contributed by atoms with Crippen LogP contribution in [0.2, 0.25) is 5.02 Å². The predicted octanol–water partition coefficient (Wildman–Crippen LogP) is 3.08. The minimum atomic E-state index is -0.479. The van der Waals surface area contributed by atoms with E-state index in [1.807, 2.05) is 18.2 Å². The maximum Gasteiger partial charge on any atom is 0.254 e. The fraction of sp³-hybridized carbons (Fsp3) is 0.100. The number of methoxy groups -OCH3 is 1. The fourth-order valence-corrected chi connectivity index (χ4v) is 2.78. The molecule has 140 valence electrons. The number of nitrogens with zero attached hydrogens (tertiary/aromatic N) is 3. The molecular formula is C20H15ClN4O3.